The molecule has 0 bridgehead atoms. The van der Waals surface area contributed by atoms with Gasteiger partial charge in [-0.25, -0.2) is 5.43 Å². The van der Waals surface area contributed by atoms with Gasteiger partial charge in [-0.05, 0) is 40.3 Å². The molecule has 1 N–H and O–H groups in total. The molecule has 2 aromatic carbocycles. The van der Waals surface area contributed by atoms with Crippen molar-refractivity contribution in [2.75, 3.05) is 13.7 Å². The molecular weight excluding hydrogens is 477 g/mol. The molecule has 28 heavy (non-hydrogen) atoms. The minimum absolute atomic E-state index is 0.108. The Bertz CT molecular complexity index is 953. The summed E-state index contributed by atoms with van der Waals surface area (Å²) in [4.78, 5) is 22.5. The average Bonchev–Trinajstić information content (AvgIpc) is 2.67. The molecule has 1 amide bonds. The van der Waals surface area contributed by atoms with Gasteiger partial charge in [-0.3, -0.25) is 14.9 Å². The normalized spacial score (nSPS) is 10.3. The van der Waals surface area contributed by atoms with E-state index in [4.69, 9.17) is 15.9 Å². The SMILES string of the molecule is C#CCOc1c(I)cc(C=NNC(=O)Cc2ccccc2[N+](=O)[O-])cc1OC. The van der Waals surface area contributed by atoms with E-state index in [1.165, 1.54) is 25.5 Å². The number of carbonyl (C=O) groups is 1. The first kappa shape index (κ1) is 21.2. The van der Waals surface area contributed by atoms with E-state index in [1.54, 1.807) is 24.3 Å². The fourth-order valence-corrected chi connectivity index (χ4v) is 3.08. The zero-order chi connectivity index (χ0) is 20.5. The van der Waals surface area contributed by atoms with E-state index in [0.29, 0.717) is 22.6 Å². The summed E-state index contributed by atoms with van der Waals surface area (Å²) in [5, 5.41) is 14.9. The molecule has 0 aliphatic heterocycles. The van der Waals surface area contributed by atoms with Gasteiger partial charge >= 0.3 is 0 Å². The second-order valence-corrected chi connectivity index (χ2v) is 6.54. The van der Waals surface area contributed by atoms with Crippen LogP contribution in [0, 0.1) is 26.0 Å². The summed E-state index contributed by atoms with van der Waals surface area (Å²) in [6.45, 7) is 0.113. The van der Waals surface area contributed by atoms with Gasteiger partial charge in [0.15, 0.2) is 11.5 Å². The first-order valence-electron chi connectivity index (χ1n) is 7.94. The molecule has 0 atom stereocenters. The van der Waals surface area contributed by atoms with Crippen molar-refractivity contribution >= 4 is 40.4 Å². The first-order chi connectivity index (χ1) is 13.5. The van der Waals surface area contributed by atoms with Crippen molar-refractivity contribution in [2.24, 2.45) is 5.10 Å². The predicted molar refractivity (Wildman–Crippen MR) is 113 cm³/mol. The number of hydrogen-bond donors (Lipinski definition) is 1. The number of nitro groups is 1. The highest BCUT2D eigenvalue weighted by Gasteiger charge is 2.15. The minimum Gasteiger partial charge on any atom is -0.493 e. The van der Waals surface area contributed by atoms with E-state index in [0.717, 1.165) is 3.57 Å². The molecule has 0 aromatic heterocycles. The zero-order valence-electron chi connectivity index (χ0n) is 14.8. The van der Waals surface area contributed by atoms with Gasteiger partial charge in [0.2, 0.25) is 5.91 Å². The molecule has 144 valence electrons. The number of halogens is 1. The van der Waals surface area contributed by atoms with Crippen molar-refractivity contribution in [2.45, 2.75) is 6.42 Å². The van der Waals surface area contributed by atoms with Crippen LogP contribution in [0.15, 0.2) is 41.5 Å². The minimum atomic E-state index is -0.524. The number of rotatable bonds is 8. The molecule has 2 aromatic rings. The van der Waals surface area contributed by atoms with E-state index in [1.807, 2.05) is 0 Å². The standard InChI is InChI=1S/C19H16IN3O5/c1-3-8-28-19-15(20)9-13(10-17(19)27-2)12-21-22-18(24)11-14-6-4-5-7-16(14)23(25)26/h1,4-7,9-10,12H,8,11H2,2H3,(H,22,24). The third kappa shape index (κ3) is 5.68. The van der Waals surface area contributed by atoms with Gasteiger partial charge in [0, 0.05) is 11.6 Å². The Labute approximate surface area is 175 Å². The molecule has 0 radical (unpaired) electrons. The molecule has 0 saturated heterocycles. The number of methoxy groups -OCH3 is 1. The van der Waals surface area contributed by atoms with E-state index >= 15 is 0 Å². The Kier molecular flexibility index (Phi) is 7.76. The van der Waals surface area contributed by atoms with Gasteiger partial charge in [0.25, 0.3) is 5.69 Å². The summed E-state index contributed by atoms with van der Waals surface area (Å²) >= 11 is 2.08. The fraction of sp³-hybridized carbons (Fsp3) is 0.158. The molecule has 0 aliphatic rings. The van der Waals surface area contributed by atoms with Gasteiger partial charge in [-0.15, -0.1) is 6.42 Å². The second-order valence-electron chi connectivity index (χ2n) is 5.38. The summed E-state index contributed by atoms with van der Waals surface area (Å²) in [5.74, 6) is 2.93. The van der Waals surface area contributed by atoms with Gasteiger partial charge < -0.3 is 9.47 Å². The molecule has 0 heterocycles. The third-order valence-corrected chi connectivity index (χ3v) is 4.30. The van der Waals surface area contributed by atoms with Gasteiger partial charge in [-0.2, -0.15) is 5.10 Å². The number of terminal acetylenes is 1. The Balaban J connectivity index is 2.06. The summed E-state index contributed by atoms with van der Waals surface area (Å²) in [7, 11) is 1.50. The van der Waals surface area contributed by atoms with Crippen molar-refractivity contribution in [3.63, 3.8) is 0 Å². The van der Waals surface area contributed by atoms with Crippen LogP contribution in [0.5, 0.6) is 11.5 Å². The highest BCUT2D eigenvalue weighted by molar-refractivity contribution is 14.1. The van der Waals surface area contributed by atoms with Crippen molar-refractivity contribution in [3.05, 3.63) is 61.2 Å². The lowest BCUT2D eigenvalue weighted by atomic mass is 10.1. The lowest BCUT2D eigenvalue weighted by molar-refractivity contribution is -0.385. The maximum Gasteiger partial charge on any atom is 0.273 e. The van der Waals surface area contributed by atoms with Crippen LogP contribution in [0.1, 0.15) is 11.1 Å². The van der Waals surface area contributed by atoms with Crippen LogP contribution in [0.25, 0.3) is 0 Å². The van der Waals surface area contributed by atoms with E-state index in [-0.39, 0.29) is 18.7 Å². The number of benzene rings is 2. The molecule has 2 rings (SSSR count). The lowest BCUT2D eigenvalue weighted by Crippen LogP contribution is -2.20. The summed E-state index contributed by atoms with van der Waals surface area (Å²) in [6, 6.07) is 9.53. The van der Waals surface area contributed by atoms with Gasteiger partial charge in [-0.1, -0.05) is 24.1 Å². The average molecular weight is 493 g/mol. The molecule has 8 nitrogen and oxygen atoms in total. The molecule has 0 fully saturated rings. The Morgan fingerprint density at radius 3 is 2.86 bits per heavy atom. The maximum atomic E-state index is 12.0. The fourth-order valence-electron chi connectivity index (χ4n) is 2.30. The number of nitrogens with one attached hydrogen (secondary N) is 1. The van der Waals surface area contributed by atoms with E-state index < -0.39 is 10.8 Å². The Hall–Kier alpha value is -3.13. The molecule has 0 spiro atoms. The molecule has 0 aliphatic carbocycles. The number of hydrogen-bond acceptors (Lipinski definition) is 6. The van der Waals surface area contributed by atoms with Crippen molar-refractivity contribution in [1.82, 2.24) is 5.43 Å². The van der Waals surface area contributed by atoms with E-state index in [9.17, 15) is 14.9 Å². The molecule has 0 saturated carbocycles. The number of nitro benzene ring substituents is 1. The Morgan fingerprint density at radius 1 is 1.43 bits per heavy atom. The smallest absolute Gasteiger partial charge is 0.273 e. The first-order valence-corrected chi connectivity index (χ1v) is 9.02. The van der Waals surface area contributed by atoms with Gasteiger partial charge in [0.1, 0.15) is 6.61 Å². The van der Waals surface area contributed by atoms with Crippen LogP contribution in [0.4, 0.5) is 5.69 Å². The van der Waals surface area contributed by atoms with E-state index in [2.05, 4.69) is 39.0 Å². The predicted octanol–water partition coefficient (Wildman–Crippen LogP) is 2.91. The summed E-state index contributed by atoms with van der Waals surface area (Å²) < 4.78 is 11.5. The quantitative estimate of drug-likeness (QED) is 0.200. The lowest BCUT2D eigenvalue weighted by Gasteiger charge is -2.11. The topological polar surface area (TPSA) is 103 Å². The number of nitrogens with zero attached hydrogens (tertiary/aromatic N) is 2. The maximum absolute atomic E-state index is 12.0. The number of para-hydroxylation sites is 1. The van der Waals surface area contributed by atoms with Gasteiger partial charge in [0.05, 0.1) is 28.2 Å². The number of hydrazone groups is 1. The van der Waals surface area contributed by atoms with Crippen LogP contribution in [0.3, 0.4) is 0 Å². The Morgan fingerprint density at radius 2 is 2.18 bits per heavy atom. The largest absolute Gasteiger partial charge is 0.493 e. The zero-order valence-corrected chi connectivity index (χ0v) is 17.0. The molecule has 0 unspecified atom stereocenters. The van der Waals surface area contributed by atoms with Crippen LogP contribution >= 0.6 is 22.6 Å². The highest BCUT2D eigenvalue weighted by Crippen LogP contribution is 2.33. The molecular formula is C19H16IN3O5. The summed E-state index contributed by atoms with van der Waals surface area (Å²) in [5.41, 5.74) is 3.23. The second kappa shape index (κ2) is 10.3. The number of amides is 1. The van der Waals surface area contributed by atoms with Crippen molar-refractivity contribution in [1.29, 1.82) is 0 Å². The van der Waals surface area contributed by atoms with Crippen molar-refractivity contribution < 1.29 is 19.2 Å². The van der Waals surface area contributed by atoms with Crippen LogP contribution in [-0.4, -0.2) is 30.8 Å². The number of carbonyl (C=O) groups excluding carboxylic acids is 1. The van der Waals surface area contributed by atoms with Crippen LogP contribution in [0.2, 0.25) is 0 Å². The number of ether oxygens (including phenoxy) is 2. The van der Waals surface area contributed by atoms with Crippen molar-refractivity contribution in [3.8, 4) is 23.8 Å². The highest BCUT2D eigenvalue weighted by atomic mass is 127. The third-order valence-electron chi connectivity index (χ3n) is 3.49. The molecule has 9 heteroatoms. The van der Waals surface area contributed by atoms with Crippen LogP contribution < -0.4 is 14.9 Å². The monoisotopic (exact) mass is 493 g/mol. The van der Waals surface area contributed by atoms with Crippen LogP contribution in [-0.2, 0) is 11.2 Å². The summed E-state index contributed by atoms with van der Waals surface area (Å²) in [6.07, 6.45) is 6.48.